The Bertz CT molecular complexity index is 410. The lowest BCUT2D eigenvalue weighted by Gasteiger charge is -2.20. The van der Waals surface area contributed by atoms with Crippen LogP contribution in [0.3, 0.4) is 0 Å². The summed E-state index contributed by atoms with van der Waals surface area (Å²) in [7, 11) is 0. The number of fused-ring (bicyclic) bond motifs is 2. The fraction of sp³-hybridized carbons (Fsp3) is 0.538. The summed E-state index contributed by atoms with van der Waals surface area (Å²) in [5, 5.41) is 3.50. The van der Waals surface area contributed by atoms with E-state index >= 15 is 0 Å². The van der Waals surface area contributed by atoms with Crippen LogP contribution in [0.1, 0.15) is 36.3 Å². The van der Waals surface area contributed by atoms with E-state index in [0.717, 1.165) is 18.4 Å². The summed E-state index contributed by atoms with van der Waals surface area (Å²) in [5.41, 5.74) is 0.482. The predicted molar refractivity (Wildman–Crippen MR) is 58.7 cm³/mol. The number of nitrogens with one attached hydrogen (secondary N) is 1. The average molecular weight is 241 g/mol. The zero-order valence-corrected chi connectivity index (χ0v) is 9.30. The van der Waals surface area contributed by atoms with Crippen LogP contribution in [0.5, 0.6) is 0 Å². The van der Waals surface area contributed by atoms with E-state index in [1.807, 2.05) is 0 Å². The van der Waals surface area contributed by atoms with Gasteiger partial charge in [0, 0.05) is 18.0 Å². The fourth-order valence-electron chi connectivity index (χ4n) is 3.11. The van der Waals surface area contributed by atoms with Gasteiger partial charge >= 0.3 is 6.18 Å². The zero-order chi connectivity index (χ0) is 12.0. The van der Waals surface area contributed by atoms with Gasteiger partial charge in [0.15, 0.2) is 0 Å². The van der Waals surface area contributed by atoms with E-state index in [-0.39, 0.29) is 0 Å². The molecule has 1 nitrogen and oxygen atoms in total. The van der Waals surface area contributed by atoms with E-state index in [1.165, 1.54) is 18.6 Å². The first-order chi connectivity index (χ1) is 8.04. The molecule has 0 radical (unpaired) electrons. The van der Waals surface area contributed by atoms with Crippen molar-refractivity contribution in [1.29, 1.82) is 0 Å². The minimum Gasteiger partial charge on any atom is -0.311 e. The van der Waals surface area contributed by atoms with Gasteiger partial charge in [0.05, 0.1) is 5.56 Å². The third-order valence-corrected chi connectivity index (χ3v) is 3.97. The molecule has 2 heterocycles. The van der Waals surface area contributed by atoms with Crippen molar-refractivity contribution in [1.82, 2.24) is 5.32 Å². The van der Waals surface area contributed by atoms with E-state index in [1.54, 1.807) is 12.1 Å². The first kappa shape index (κ1) is 11.1. The maximum Gasteiger partial charge on any atom is 0.416 e. The van der Waals surface area contributed by atoms with E-state index in [2.05, 4.69) is 5.32 Å². The number of rotatable bonds is 1. The molecular formula is C13H14F3N. The summed E-state index contributed by atoms with van der Waals surface area (Å²) < 4.78 is 37.3. The van der Waals surface area contributed by atoms with Crippen molar-refractivity contribution in [2.24, 2.45) is 0 Å². The molecule has 1 aromatic rings. The van der Waals surface area contributed by atoms with Crippen LogP contribution in [0.25, 0.3) is 0 Å². The van der Waals surface area contributed by atoms with Crippen LogP contribution in [0.15, 0.2) is 24.3 Å². The monoisotopic (exact) mass is 241 g/mol. The molecule has 2 unspecified atom stereocenters. The average Bonchev–Trinajstić information content (AvgIpc) is 2.89. The number of benzene rings is 1. The van der Waals surface area contributed by atoms with Gasteiger partial charge in [-0.1, -0.05) is 12.1 Å². The van der Waals surface area contributed by atoms with E-state index in [9.17, 15) is 13.2 Å². The van der Waals surface area contributed by atoms with Gasteiger partial charge in [0.1, 0.15) is 0 Å². The first-order valence-corrected chi connectivity index (χ1v) is 5.97. The molecule has 2 fully saturated rings. The van der Waals surface area contributed by atoms with Crippen LogP contribution in [0.4, 0.5) is 13.2 Å². The molecule has 4 heteroatoms. The molecule has 2 bridgehead atoms. The van der Waals surface area contributed by atoms with Crippen LogP contribution in [-0.4, -0.2) is 12.1 Å². The Balaban J connectivity index is 1.81. The molecule has 3 rings (SSSR count). The molecule has 0 aromatic heterocycles. The largest absolute Gasteiger partial charge is 0.416 e. The van der Waals surface area contributed by atoms with Gasteiger partial charge < -0.3 is 5.32 Å². The number of halogens is 3. The summed E-state index contributed by atoms with van der Waals surface area (Å²) in [4.78, 5) is 0. The van der Waals surface area contributed by atoms with Crippen LogP contribution in [0.2, 0.25) is 0 Å². The molecule has 1 aromatic carbocycles. The maximum absolute atomic E-state index is 12.4. The van der Waals surface area contributed by atoms with Crippen LogP contribution < -0.4 is 5.32 Å². The fourth-order valence-corrected chi connectivity index (χ4v) is 3.11. The highest BCUT2D eigenvalue weighted by Crippen LogP contribution is 2.40. The SMILES string of the molecule is FC(F)(F)c1ccc([C@H]2CC3CCC2N3)cc1. The van der Waals surface area contributed by atoms with Crippen molar-refractivity contribution in [3.63, 3.8) is 0 Å². The van der Waals surface area contributed by atoms with Gasteiger partial charge in [-0.15, -0.1) is 0 Å². The molecule has 3 atom stereocenters. The molecule has 0 spiro atoms. The Morgan fingerprint density at radius 3 is 2.24 bits per heavy atom. The van der Waals surface area contributed by atoms with Gasteiger partial charge in [-0.25, -0.2) is 0 Å². The summed E-state index contributed by atoms with van der Waals surface area (Å²) in [6.45, 7) is 0. The molecule has 17 heavy (non-hydrogen) atoms. The van der Waals surface area contributed by atoms with E-state index in [4.69, 9.17) is 0 Å². The molecule has 0 aliphatic carbocycles. The first-order valence-electron chi connectivity index (χ1n) is 5.97. The summed E-state index contributed by atoms with van der Waals surface area (Å²) in [6.07, 6.45) is -0.806. The highest BCUT2D eigenvalue weighted by atomic mass is 19.4. The lowest BCUT2D eigenvalue weighted by atomic mass is 9.84. The summed E-state index contributed by atoms with van der Waals surface area (Å²) in [5.74, 6) is 0.399. The maximum atomic E-state index is 12.4. The van der Waals surface area contributed by atoms with Gasteiger partial charge in [0.25, 0.3) is 0 Å². The minimum absolute atomic E-state index is 0.399. The van der Waals surface area contributed by atoms with Crippen molar-refractivity contribution in [3.05, 3.63) is 35.4 Å². The normalized spacial score (nSPS) is 32.1. The van der Waals surface area contributed by atoms with Crippen molar-refractivity contribution < 1.29 is 13.2 Å². The Labute approximate surface area is 98.0 Å². The number of hydrogen-bond donors (Lipinski definition) is 1. The molecule has 0 amide bonds. The van der Waals surface area contributed by atoms with E-state index in [0.29, 0.717) is 18.0 Å². The third-order valence-electron chi connectivity index (χ3n) is 3.97. The highest BCUT2D eigenvalue weighted by molar-refractivity contribution is 5.30. The number of hydrogen-bond acceptors (Lipinski definition) is 1. The number of alkyl halides is 3. The lowest BCUT2D eigenvalue weighted by molar-refractivity contribution is -0.137. The van der Waals surface area contributed by atoms with Crippen LogP contribution >= 0.6 is 0 Å². The standard InChI is InChI=1S/C13H14F3N/c14-13(15,16)9-3-1-8(2-4-9)11-7-10-5-6-12(11)17-10/h1-4,10-12,17H,5-7H2/t10?,11-,12?/m1/s1. The Hall–Kier alpha value is -1.03. The molecule has 2 saturated heterocycles. The highest BCUT2D eigenvalue weighted by Gasteiger charge is 2.39. The van der Waals surface area contributed by atoms with Crippen molar-refractivity contribution in [2.75, 3.05) is 0 Å². The molecule has 2 aliphatic rings. The topological polar surface area (TPSA) is 12.0 Å². The van der Waals surface area contributed by atoms with E-state index < -0.39 is 11.7 Å². The second-order valence-corrected chi connectivity index (χ2v) is 5.01. The van der Waals surface area contributed by atoms with Crippen molar-refractivity contribution in [2.45, 2.75) is 43.4 Å². The second kappa shape index (κ2) is 3.73. The van der Waals surface area contributed by atoms with Crippen molar-refractivity contribution in [3.8, 4) is 0 Å². The van der Waals surface area contributed by atoms with Gasteiger partial charge in [-0.3, -0.25) is 0 Å². The van der Waals surface area contributed by atoms with Crippen LogP contribution in [-0.2, 0) is 6.18 Å². The van der Waals surface area contributed by atoms with Crippen LogP contribution in [0, 0.1) is 0 Å². The molecule has 0 saturated carbocycles. The second-order valence-electron chi connectivity index (χ2n) is 5.01. The molecular weight excluding hydrogens is 227 g/mol. The smallest absolute Gasteiger partial charge is 0.311 e. The molecule has 1 N–H and O–H groups in total. The third kappa shape index (κ3) is 1.95. The summed E-state index contributed by atoms with van der Waals surface area (Å²) >= 11 is 0. The van der Waals surface area contributed by atoms with Crippen molar-refractivity contribution >= 4 is 0 Å². The zero-order valence-electron chi connectivity index (χ0n) is 9.30. The molecule has 92 valence electrons. The lowest BCUT2D eigenvalue weighted by Crippen LogP contribution is -2.21. The Morgan fingerprint density at radius 1 is 1.06 bits per heavy atom. The van der Waals surface area contributed by atoms with Gasteiger partial charge in [0.2, 0.25) is 0 Å². The van der Waals surface area contributed by atoms with Gasteiger partial charge in [-0.05, 0) is 37.0 Å². The quantitative estimate of drug-likeness (QED) is 0.795. The van der Waals surface area contributed by atoms with Gasteiger partial charge in [-0.2, -0.15) is 13.2 Å². The molecule has 2 aliphatic heterocycles. The minimum atomic E-state index is -4.23. The Kier molecular flexibility index (Phi) is 2.43. The Morgan fingerprint density at radius 2 is 1.76 bits per heavy atom. The summed E-state index contributed by atoms with van der Waals surface area (Å²) in [6, 6.07) is 6.71. The predicted octanol–water partition coefficient (Wildman–Crippen LogP) is 3.31.